The lowest BCUT2D eigenvalue weighted by molar-refractivity contribution is -0.139. The Morgan fingerprint density at radius 3 is 2.39 bits per heavy atom. The lowest BCUT2D eigenvalue weighted by Gasteiger charge is -2.18. The van der Waals surface area contributed by atoms with E-state index < -0.39 is 11.8 Å². The summed E-state index contributed by atoms with van der Waals surface area (Å²) in [5.41, 5.74) is 2.09. The molecular weight excluding hydrogens is 454 g/mol. The molecule has 0 aromatic heterocycles. The van der Waals surface area contributed by atoms with E-state index in [9.17, 15) is 14.4 Å². The molecule has 0 spiro atoms. The van der Waals surface area contributed by atoms with E-state index in [1.165, 1.54) is 0 Å². The van der Waals surface area contributed by atoms with E-state index in [0.717, 1.165) is 16.3 Å². The zero-order chi connectivity index (χ0) is 25.9. The summed E-state index contributed by atoms with van der Waals surface area (Å²) < 4.78 is 5.11. The highest BCUT2D eigenvalue weighted by molar-refractivity contribution is 6.35. The number of amides is 3. The van der Waals surface area contributed by atoms with E-state index in [4.69, 9.17) is 4.74 Å². The maximum absolute atomic E-state index is 13.1. The molecule has 3 aromatic carbocycles. The van der Waals surface area contributed by atoms with Crippen LogP contribution in [0.15, 0.2) is 78.9 Å². The second-order valence-electron chi connectivity index (χ2n) is 8.52. The molecule has 3 N–H and O–H groups in total. The third-order valence-corrected chi connectivity index (χ3v) is 5.92. The van der Waals surface area contributed by atoms with Crippen LogP contribution in [0.2, 0.25) is 0 Å². The van der Waals surface area contributed by atoms with E-state index in [2.05, 4.69) is 16.0 Å². The van der Waals surface area contributed by atoms with Crippen molar-refractivity contribution in [1.82, 2.24) is 16.0 Å². The summed E-state index contributed by atoms with van der Waals surface area (Å²) in [6.45, 7) is 4.25. The molecule has 0 radical (unpaired) electrons. The topological polar surface area (TPSA) is 96.5 Å². The lowest BCUT2D eigenvalue weighted by atomic mass is 9.99. The average Bonchev–Trinajstić information content (AvgIpc) is 2.90. The van der Waals surface area contributed by atoms with Gasteiger partial charge in [-0.1, -0.05) is 72.8 Å². The van der Waals surface area contributed by atoms with Crippen LogP contribution in [0.3, 0.4) is 0 Å². The minimum atomic E-state index is -0.747. The Morgan fingerprint density at radius 1 is 0.889 bits per heavy atom. The third-order valence-electron chi connectivity index (χ3n) is 5.92. The first-order chi connectivity index (χ1) is 17.4. The Hall–Kier alpha value is -3.97. The molecule has 0 heterocycles. The van der Waals surface area contributed by atoms with E-state index in [0.29, 0.717) is 24.1 Å². The molecule has 0 saturated carbocycles. The van der Waals surface area contributed by atoms with Gasteiger partial charge in [0.25, 0.3) is 5.91 Å². The van der Waals surface area contributed by atoms with Crippen LogP contribution in [0.1, 0.15) is 47.8 Å². The average molecular weight is 488 g/mol. The number of carbonyl (C=O) groups is 3. The van der Waals surface area contributed by atoms with Gasteiger partial charge in [-0.2, -0.15) is 0 Å². The van der Waals surface area contributed by atoms with Crippen LogP contribution >= 0.6 is 0 Å². The van der Waals surface area contributed by atoms with Crippen LogP contribution in [0.4, 0.5) is 0 Å². The molecule has 0 aliphatic carbocycles. The van der Waals surface area contributed by atoms with Gasteiger partial charge in [0.1, 0.15) is 0 Å². The molecule has 1 unspecified atom stereocenters. The minimum Gasteiger partial charge on any atom is -0.378 e. The Kier molecular flexibility index (Phi) is 9.77. The summed E-state index contributed by atoms with van der Waals surface area (Å²) >= 11 is 0. The number of hydrogen-bond donors (Lipinski definition) is 3. The summed E-state index contributed by atoms with van der Waals surface area (Å²) in [4.78, 5) is 37.5. The van der Waals surface area contributed by atoms with Crippen LogP contribution in [-0.4, -0.2) is 37.5 Å². The monoisotopic (exact) mass is 487 g/mol. The number of ether oxygens (including phenoxy) is 1. The van der Waals surface area contributed by atoms with Gasteiger partial charge in [0.05, 0.1) is 12.1 Å². The quantitative estimate of drug-likeness (QED) is 0.228. The molecule has 7 heteroatoms. The van der Waals surface area contributed by atoms with Crippen molar-refractivity contribution < 1.29 is 19.1 Å². The first-order valence-electron chi connectivity index (χ1n) is 12.0. The highest BCUT2D eigenvalue weighted by atomic mass is 16.5. The second kappa shape index (κ2) is 13.2. The molecule has 3 rings (SSSR count). The number of hydrogen-bond acceptors (Lipinski definition) is 4. The van der Waals surface area contributed by atoms with Crippen LogP contribution in [0.25, 0.3) is 10.8 Å². The molecule has 0 saturated heterocycles. The number of benzene rings is 3. The fraction of sp³-hybridized carbons (Fsp3) is 0.276. The van der Waals surface area contributed by atoms with Crippen molar-refractivity contribution in [3.8, 4) is 0 Å². The van der Waals surface area contributed by atoms with Gasteiger partial charge in [-0.25, -0.2) is 0 Å². The number of fused-ring (bicyclic) bond motifs is 1. The van der Waals surface area contributed by atoms with Gasteiger partial charge in [-0.3, -0.25) is 14.4 Å². The fourth-order valence-electron chi connectivity index (χ4n) is 3.85. The first kappa shape index (κ1) is 26.6. The molecule has 36 heavy (non-hydrogen) atoms. The summed E-state index contributed by atoms with van der Waals surface area (Å²) in [7, 11) is 1.62. The third kappa shape index (κ3) is 7.26. The standard InChI is InChI=1S/C29H33N3O4/c1-20(36-3)11-8-9-18-30-28(34)29(35)31-19-23-13-5-7-16-26(23)27(33)32-21(2)24-17-10-14-22-12-4-6-15-25(22)24/h4-8,10-17,20-21H,9,18-19H2,1-3H3,(H,30,34)(H,31,35)(H,32,33)/b11-8+/t20?,21-/m1/s1. The predicted octanol–water partition coefficient (Wildman–Crippen LogP) is 4.04. The maximum Gasteiger partial charge on any atom is 0.309 e. The van der Waals surface area contributed by atoms with E-state index in [-0.39, 0.29) is 24.6 Å². The molecule has 0 bridgehead atoms. The van der Waals surface area contributed by atoms with Crippen molar-refractivity contribution in [3.05, 3.63) is 95.6 Å². The first-order valence-corrected chi connectivity index (χ1v) is 12.0. The van der Waals surface area contributed by atoms with Crippen LogP contribution < -0.4 is 16.0 Å². The summed E-state index contributed by atoms with van der Waals surface area (Å²) in [5, 5.41) is 10.4. The van der Waals surface area contributed by atoms with Gasteiger partial charge in [-0.15, -0.1) is 0 Å². The summed E-state index contributed by atoms with van der Waals surface area (Å²) in [6.07, 6.45) is 4.36. The Bertz CT molecular complexity index is 1230. The molecule has 0 fully saturated rings. The summed E-state index contributed by atoms with van der Waals surface area (Å²) in [6, 6.07) is 20.9. The predicted molar refractivity (Wildman–Crippen MR) is 141 cm³/mol. The molecule has 3 aromatic rings. The minimum absolute atomic E-state index is 0.00343. The normalized spacial score (nSPS) is 12.8. The Labute approximate surface area is 211 Å². The van der Waals surface area contributed by atoms with Crippen molar-refractivity contribution in [1.29, 1.82) is 0 Å². The number of rotatable bonds is 10. The van der Waals surface area contributed by atoms with Crippen molar-refractivity contribution in [3.63, 3.8) is 0 Å². The highest BCUT2D eigenvalue weighted by Gasteiger charge is 2.18. The van der Waals surface area contributed by atoms with Crippen molar-refractivity contribution in [2.75, 3.05) is 13.7 Å². The van der Waals surface area contributed by atoms with Crippen LogP contribution in [0, 0.1) is 0 Å². The van der Waals surface area contributed by atoms with Crippen molar-refractivity contribution >= 4 is 28.5 Å². The van der Waals surface area contributed by atoms with Gasteiger partial charge < -0.3 is 20.7 Å². The van der Waals surface area contributed by atoms with Gasteiger partial charge in [0, 0.05) is 25.8 Å². The van der Waals surface area contributed by atoms with E-state index in [1.807, 2.05) is 68.5 Å². The Morgan fingerprint density at radius 2 is 1.58 bits per heavy atom. The van der Waals surface area contributed by atoms with Crippen LogP contribution in [0.5, 0.6) is 0 Å². The Balaban J connectivity index is 1.57. The number of carbonyl (C=O) groups excluding carboxylic acids is 3. The molecule has 0 aliphatic heterocycles. The SMILES string of the molecule is COC(C)/C=C/CCNC(=O)C(=O)NCc1ccccc1C(=O)N[C@H](C)c1cccc2ccccc12. The zero-order valence-electron chi connectivity index (χ0n) is 20.9. The fourth-order valence-corrected chi connectivity index (χ4v) is 3.85. The molecule has 2 atom stereocenters. The highest BCUT2D eigenvalue weighted by Crippen LogP contribution is 2.24. The smallest absolute Gasteiger partial charge is 0.309 e. The lowest BCUT2D eigenvalue weighted by Crippen LogP contribution is -2.40. The zero-order valence-corrected chi connectivity index (χ0v) is 20.9. The van der Waals surface area contributed by atoms with Crippen LogP contribution in [-0.2, 0) is 20.9 Å². The number of nitrogens with one attached hydrogen (secondary N) is 3. The molecule has 7 nitrogen and oxygen atoms in total. The van der Waals surface area contributed by atoms with Gasteiger partial charge in [0.15, 0.2) is 0 Å². The summed E-state index contributed by atoms with van der Waals surface area (Å²) in [5.74, 6) is -1.71. The molecule has 3 amide bonds. The number of methoxy groups -OCH3 is 1. The van der Waals surface area contributed by atoms with E-state index >= 15 is 0 Å². The van der Waals surface area contributed by atoms with Gasteiger partial charge in [0.2, 0.25) is 0 Å². The maximum atomic E-state index is 13.1. The van der Waals surface area contributed by atoms with E-state index in [1.54, 1.807) is 31.4 Å². The molecule has 188 valence electrons. The largest absolute Gasteiger partial charge is 0.378 e. The van der Waals surface area contributed by atoms with Gasteiger partial charge in [-0.05, 0) is 48.2 Å². The molecule has 0 aliphatic rings. The second-order valence-corrected chi connectivity index (χ2v) is 8.52. The van der Waals surface area contributed by atoms with Crippen molar-refractivity contribution in [2.45, 2.75) is 39.0 Å². The van der Waals surface area contributed by atoms with Gasteiger partial charge >= 0.3 is 11.8 Å². The van der Waals surface area contributed by atoms with Crippen molar-refractivity contribution in [2.24, 2.45) is 0 Å². The molecular formula is C29H33N3O4.